The molecule has 0 fully saturated rings. The third kappa shape index (κ3) is 3.84. The van der Waals surface area contributed by atoms with Crippen molar-refractivity contribution in [2.24, 2.45) is 0 Å². The van der Waals surface area contributed by atoms with Crippen LogP contribution in [0.15, 0.2) is 101 Å². The molecule has 0 atom stereocenters. The SMILES string of the molecule is CSC(S)=C(NC=O)[P+](c1ccccc1)(c1ccccc1)c1ccccc1. The van der Waals surface area contributed by atoms with E-state index in [1.807, 2.05) is 60.9 Å². The molecule has 0 aromatic heterocycles. The Morgan fingerprint density at radius 2 is 1.19 bits per heavy atom. The Kier molecular flexibility index (Phi) is 6.78. The first kappa shape index (κ1) is 19.8. The predicted octanol–water partition coefficient (Wildman–Crippen LogP) is 4.15. The van der Waals surface area contributed by atoms with Gasteiger partial charge in [0.05, 0.1) is 4.24 Å². The molecule has 0 saturated heterocycles. The Labute approximate surface area is 170 Å². The number of thiol groups is 1. The summed E-state index contributed by atoms with van der Waals surface area (Å²) < 4.78 is 0.812. The second-order valence-corrected chi connectivity index (χ2v) is 10.7. The summed E-state index contributed by atoms with van der Waals surface area (Å²) in [6, 6.07) is 31.2. The molecule has 3 rings (SSSR count). The van der Waals surface area contributed by atoms with E-state index in [9.17, 15) is 4.79 Å². The van der Waals surface area contributed by atoms with Crippen LogP contribution < -0.4 is 21.2 Å². The van der Waals surface area contributed by atoms with E-state index < -0.39 is 7.26 Å². The van der Waals surface area contributed by atoms with Crippen LogP contribution in [0.1, 0.15) is 0 Å². The summed E-state index contributed by atoms with van der Waals surface area (Å²) in [5, 5.41) is 6.54. The van der Waals surface area contributed by atoms with Gasteiger partial charge in [-0.2, -0.15) is 0 Å². The van der Waals surface area contributed by atoms with E-state index in [0.717, 1.165) is 16.1 Å². The zero-order valence-corrected chi connectivity index (χ0v) is 17.6. The lowest BCUT2D eigenvalue weighted by Gasteiger charge is -2.29. The average Bonchev–Trinajstić information content (AvgIpc) is 2.75. The number of nitrogens with one attached hydrogen (secondary N) is 1. The lowest BCUT2D eigenvalue weighted by Crippen LogP contribution is -2.36. The lowest BCUT2D eigenvalue weighted by molar-refractivity contribution is -0.108. The van der Waals surface area contributed by atoms with Crippen LogP contribution in [0.2, 0.25) is 0 Å². The molecule has 0 spiro atoms. The van der Waals surface area contributed by atoms with Gasteiger partial charge < -0.3 is 0 Å². The quantitative estimate of drug-likeness (QED) is 0.348. The topological polar surface area (TPSA) is 29.1 Å². The fourth-order valence-electron chi connectivity index (χ4n) is 3.24. The van der Waals surface area contributed by atoms with E-state index in [4.69, 9.17) is 12.6 Å². The summed E-state index contributed by atoms with van der Waals surface area (Å²) in [4.78, 5) is 11.6. The molecular weight excluding hydrogens is 389 g/mol. The second kappa shape index (κ2) is 9.27. The Hall–Kier alpha value is -2.00. The van der Waals surface area contributed by atoms with Gasteiger partial charge in [0.25, 0.3) is 0 Å². The van der Waals surface area contributed by atoms with E-state index in [1.54, 1.807) is 0 Å². The van der Waals surface area contributed by atoms with Gasteiger partial charge in [0.15, 0.2) is 12.7 Å². The van der Waals surface area contributed by atoms with Crippen molar-refractivity contribution in [2.45, 2.75) is 0 Å². The molecule has 5 heteroatoms. The van der Waals surface area contributed by atoms with Crippen LogP contribution in [0, 0.1) is 0 Å². The largest absolute Gasteiger partial charge is 0.297 e. The van der Waals surface area contributed by atoms with Crippen molar-refractivity contribution in [3.05, 3.63) is 101 Å². The highest BCUT2D eigenvalue weighted by molar-refractivity contribution is 8.16. The Morgan fingerprint density at radius 3 is 1.48 bits per heavy atom. The van der Waals surface area contributed by atoms with Crippen LogP contribution in [0.3, 0.4) is 0 Å². The van der Waals surface area contributed by atoms with Crippen molar-refractivity contribution in [1.82, 2.24) is 5.32 Å². The van der Waals surface area contributed by atoms with Gasteiger partial charge >= 0.3 is 0 Å². The van der Waals surface area contributed by atoms with E-state index >= 15 is 0 Å². The summed E-state index contributed by atoms with van der Waals surface area (Å²) in [5.74, 6) is 0. The monoisotopic (exact) mass is 410 g/mol. The van der Waals surface area contributed by atoms with Crippen molar-refractivity contribution in [1.29, 1.82) is 0 Å². The first-order valence-corrected chi connectivity index (χ1v) is 11.9. The highest BCUT2D eigenvalue weighted by Crippen LogP contribution is 2.63. The zero-order chi connectivity index (χ0) is 19.1. The molecule has 0 aliphatic rings. The van der Waals surface area contributed by atoms with E-state index in [2.05, 4.69) is 41.7 Å². The number of rotatable bonds is 7. The highest BCUT2D eigenvalue weighted by atomic mass is 32.2. The van der Waals surface area contributed by atoms with E-state index in [-0.39, 0.29) is 0 Å². The first-order chi connectivity index (χ1) is 13.2. The van der Waals surface area contributed by atoms with Gasteiger partial charge in [-0.25, -0.2) is 0 Å². The molecule has 0 saturated carbocycles. The third-order valence-electron chi connectivity index (χ3n) is 4.36. The fraction of sp³-hybridized carbons (Fsp3) is 0.0455. The molecule has 0 heterocycles. The molecule has 3 aromatic carbocycles. The maximum Gasteiger partial charge on any atom is 0.214 e. The van der Waals surface area contributed by atoms with E-state index in [0.29, 0.717) is 0 Å². The van der Waals surface area contributed by atoms with Crippen molar-refractivity contribution >= 4 is 54.0 Å². The van der Waals surface area contributed by atoms with Crippen LogP contribution in [0.25, 0.3) is 0 Å². The van der Waals surface area contributed by atoms with Crippen LogP contribution in [0.5, 0.6) is 0 Å². The minimum absolute atomic E-state index is 0.755. The molecule has 1 amide bonds. The van der Waals surface area contributed by atoms with Crippen molar-refractivity contribution in [2.75, 3.05) is 6.26 Å². The molecule has 0 radical (unpaired) electrons. The Balaban J connectivity index is 2.49. The minimum atomic E-state index is -2.31. The van der Waals surface area contributed by atoms with Crippen LogP contribution >= 0.6 is 31.7 Å². The molecule has 3 aromatic rings. The predicted molar refractivity (Wildman–Crippen MR) is 124 cm³/mol. The van der Waals surface area contributed by atoms with Gasteiger partial charge in [-0.1, -0.05) is 54.6 Å². The Bertz CT molecular complexity index is 818. The molecule has 0 aliphatic heterocycles. The number of amides is 1. The number of carbonyl (C=O) groups excluding carboxylic acids is 1. The highest BCUT2D eigenvalue weighted by Gasteiger charge is 2.51. The molecule has 2 nitrogen and oxygen atoms in total. The standard InChI is InChI=1S/C22H20NOPS2/c1-27-22(26)21(23-17-24)25(18-11-5-2-6-12-18,19-13-7-3-8-14-19)20-15-9-4-10-16-20/h2-17H,1H3,(H-,23,24,26)/p+1. The first-order valence-electron chi connectivity index (χ1n) is 8.49. The van der Waals surface area contributed by atoms with Gasteiger partial charge in [-0.3, -0.25) is 10.1 Å². The van der Waals surface area contributed by atoms with Crippen molar-refractivity contribution in [3.8, 4) is 0 Å². The number of hydrogen-bond donors (Lipinski definition) is 2. The number of thioether (sulfide) groups is 1. The smallest absolute Gasteiger partial charge is 0.214 e. The number of benzene rings is 3. The van der Waals surface area contributed by atoms with Crippen LogP contribution in [-0.2, 0) is 4.79 Å². The van der Waals surface area contributed by atoms with Crippen LogP contribution in [0.4, 0.5) is 0 Å². The van der Waals surface area contributed by atoms with Crippen LogP contribution in [-0.4, -0.2) is 12.7 Å². The molecule has 1 N–H and O–H groups in total. The fourth-order valence-corrected chi connectivity index (χ4v) is 8.76. The molecular formula is C22H21NOPS2+. The summed E-state index contributed by atoms with van der Waals surface area (Å²) in [7, 11) is -2.31. The Morgan fingerprint density at radius 1 is 0.815 bits per heavy atom. The third-order valence-corrected chi connectivity index (χ3v) is 10.3. The summed E-state index contributed by atoms with van der Waals surface area (Å²) in [5.41, 5.74) is 0.858. The molecule has 27 heavy (non-hydrogen) atoms. The maximum atomic E-state index is 11.6. The molecule has 0 bridgehead atoms. The number of carbonyl (C=O) groups is 1. The summed E-state index contributed by atoms with van der Waals surface area (Å²) >= 11 is 6.29. The molecule has 136 valence electrons. The van der Waals surface area contributed by atoms with Gasteiger partial charge in [0.2, 0.25) is 6.41 Å². The van der Waals surface area contributed by atoms with E-state index in [1.165, 1.54) is 27.7 Å². The second-order valence-electron chi connectivity index (χ2n) is 5.80. The van der Waals surface area contributed by atoms with Crippen molar-refractivity contribution < 1.29 is 4.79 Å². The minimum Gasteiger partial charge on any atom is -0.297 e. The van der Waals surface area contributed by atoms with Gasteiger partial charge in [0.1, 0.15) is 15.9 Å². The lowest BCUT2D eigenvalue weighted by atomic mass is 10.4. The van der Waals surface area contributed by atoms with Gasteiger partial charge in [0, 0.05) is 0 Å². The zero-order valence-electron chi connectivity index (χ0n) is 14.9. The molecule has 0 aliphatic carbocycles. The molecule has 0 unspecified atom stereocenters. The maximum absolute atomic E-state index is 11.6. The van der Waals surface area contributed by atoms with Gasteiger partial charge in [-0.15, -0.1) is 24.4 Å². The average molecular weight is 411 g/mol. The normalized spacial score (nSPS) is 12.2. The van der Waals surface area contributed by atoms with Crippen molar-refractivity contribution in [3.63, 3.8) is 0 Å². The van der Waals surface area contributed by atoms with Gasteiger partial charge in [-0.05, 0) is 42.7 Å². The summed E-state index contributed by atoms with van der Waals surface area (Å²) in [6.07, 6.45) is 2.73. The summed E-state index contributed by atoms with van der Waals surface area (Å²) in [6.45, 7) is 0. The number of hydrogen-bond acceptors (Lipinski definition) is 3.